The largest absolute Gasteiger partial charge is 0.766 e. The molecule has 0 spiro atoms. The van der Waals surface area contributed by atoms with Gasteiger partial charge in [-0.1, -0.05) is 5.43 Å². The van der Waals surface area contributed by atoms with Gasteiger partial charge >= 0.3 is 17.6 Å². The normalized spacial score (nSPS) is 10.6. The van der Waals surface area contributed by atoms with Crippen molar-refractivity contribution in [1.82, 2.24) is 20.4 Å². The molecule has 1 aromatic heterocycles. The Labute approximate surface area is 105 Å². The van der Waals surface area contributed by atoms with Crippen LogP contribution in [0.1, 0.15) is 5.82 Å². The summed E-state index contributed by atoms with van der Waals surface area (Å²) >= 11 is 0. The highest BCUT2D eigenvalue weighted by atomic mass is 16.7. The smallest absolute Gasteiger partial charge is 0.252 e. The van der Waals surface area contributed by atoms with Crippen molar-refractivity contribution in [3.8, 4) is 0 Å². The second-order valence-electron chi connectivity index (χ2n) is 2.82. The van der Waals surface area contributed by atoms with Crippen LogP contribution in [0.3, 0.4) is 0 Å². The van der Waals surface area contributed by atoms with Gasteiger partial charge in [0, 0.05) is 0 Å². The summed E-state index contributed by atoms with van der Waals surface area (Å²) in [5.41, 5.74) is 1.34. The van der Waals surface area contributed by atoms with E-state index >= 15 is 0 Å². The summed E-state index contributed by atoms with van der Waals surface area (Å²) in [5, 5.41) is 52.0. The number of nitro groups is 4. The zero-order valence-electron chi connectivity index (χ0n) is 8.84. The molecular formula is C3HN9O8. The molecule has 0 aliphatic carbocycles. The third-order valence-corrected chi connectivity index (χ3v) is 1.73. The lowest BCUT2D eigenvalue weighted by molar-refractivity contribution is -0.987. The molecule has 0 aliphatic heterocycles. The van der Waals surface area contributed by atoms with E-state index in [1.54, 1.807) is 0 Å². The van der Waals surface area contributed by atoms with Crippen molar-refractivity contribution in [2.24, 2.45) is 0 Å². The van der Waals surface area contributed by atoms with E-state index in [1.165, 1.54) is 5.43 Å². The molecule has 0 fully saturated rings. The fourth-order valence-electron chi connectivity index (χ4n) is 0.935. The minimum absolute atomic E-state index is 0.873. The number of hydrazine groups is 1. The Morgan fingerprint density at radius 1 is 0.800 bits per heavy atom. The average Bonchev–Trinajstić information content (AvgIpc) is 2.29. The maximum atomic E-state index is 10.6. The van der Waals surface area contributed by atoms with Gasteiger partial charge in [-0.2, -0.15) is 0 Å². The summed E-state index contributed by atoms with van der Waals surface area (Å²) in [4.78, 5) is 36.3. The van der Waals surface area contributed by atoms with Crippen LogP contribution >= 0.6 is 0 Å². The lowest BCUT2D eigenvalue weighted by Crippen LogP contribution is -2.51. The number of rotatable bonds is 6. The van der Waals surface area contributed by atoms with Crippen molar-refractivity contribution in [1.29, 1.82) is 0 Å². The van der Waals surface area contributed by atoms with Gasteiger partial charge in [-0.3, -0.25) is 30.3 Å². The number of nitrogens with one attached hydrogen (secondary N) is 1. The van der Waals surface area contributed by atoms with Crippen molar-refractivity contribution in [3.05, 3.63) is 46.3 Å². The van der Waals surface area contributed by atoms with Gasteiger partial charge in [-0.15, -0.1) is 20.4 Å². The second kappa shape index (κ2) is 4.91. The first-order valence-corrected chi connectivity index (χ1v) is 4.15. The van der Waals surface area contributed by atoms with Gasteiger partial charge in [0.15, 0.2) is 19.8 Å². The van der Waals surface area contributed by atoms with Crippen LogP contribution in [-0.4, -0.2) is 40.2 Å². The van der Waals surface area contributed by atoms with Crippen LogP contribution in [0.15, 0.2) is 0 Å². The summed E-state index contributed by atoms with van der Waals surface area (Å²) in [5.74, 6) is -6.54. The van der Waals surface area contributed by atoms with Crippen molar-refractivity contribution >= 4 is 5.95 Å². The minimum atomic E-state index is -4.10. The van der Waals surface area contributed by atoms with Gasteiger partial charge in [-0.05, 0) is 0 Å². The predicted octanol–water partition coefficient (Wildman–Crippen LogP) is -2.19. The van der Waals surface area contributed by atoms with Crippen LogP contribution < -0.4 is 5.43 Å². The second-order valence-corrected chi connectivity index (χ2v) is 2.82. The Bertz CT molecular complexity index is 545. The summed E-state index contributed by atoms with van der Waals surface area (Å²) in [6, 6.07) is 0. The fourth-order valence-corrected chi connectivity index (χ4v) is 0.935. The third kappa shape index (κ3) is 2.16. The highest BCUT2D eigenvalue weighted by Crippen LogP contribution is 2.22. The molecule has 0 aliphatic rings. The number of nitrogens with zero attached hydrogens (tertiary/aromatic N) is 8. The summed E-state index contributed by atoms with van der Waals surface area (Å²) in [6.45, 7) is 0. The molecule has 1 aromatic rings. The van der Waals surface area contributed by atoms with Crippen molar-refractivity contribution in [2.75, 3.05) is 5.43 Å². The minimum Gasteiger partial charge on any atom is -0.252 e. The maximum Gasteiger partial charge on any atom is 0.766 e. The molecule has 0 radical (unpaired) electrons. The zero-order valence-corrected chi connectivity index (χ0v) is 8.84. The SMILES string of the molecule is O=[N+]([O-])Nc1nnc(C([N+](=O)[O-])([N+](=O)[O-])[N+](=O)[O-])nn1. The summed E-state index contributed by atoms with van der Waals surface area (Å²) in [7, 11) is 0. The van der Waals surface area contributed by atoms with E-state index in [9.17, 15) is 40.5 Å². The average molecular weight is 291 g/mol. The Morgan fingerprint density at radius 2 is 1.20 bits per heavy atom. The van der Waals surface area contributed by atoms with Crippen LogP contribution in [0.25, 0.3) is 0 Å². The van der Waals surface area contributed by atoms with Crippen LogP contribution in [-0.2, 0) is 5.79 Å². The molecule has 0 aromatic carbocycles. The van der Waals surface area contributed by atoms with Crippen LogP contribution in [0.5, 0.6) is 0 Å². The first kappa shape index (κ1) is 14.4. The first-order chi connectivity index (χ1) is 9.22. The van der Waals surface area contributed by atoms with E-state index < -0.39 is 37.4 Å². The standard InChI is InChI=1S/C3HN9O8/c13-9(14)3(10(15)16,11(17)18)1-4-6-2(7-5-1)8-12(19)20/h(H,6,7,8). The van der Waals surface area contributed by atoms with Gasteiger partial charge in [-0.25, -0.2) is 10.1 Å². The van der Waals surface area contributed by atoms with E-state index in [-0.39, 0.29) is 0 Å². The number of hydrogen-bond donors (Lipinski definition) is 1. The van der Waals surface area contributed by atoms with Crippen LogP contribution in [0, 0.1) is 40.5 Å². The monoisotopic (exact) mass is 291 g/mol. The first-order valence-electron chi connectivity index (χ1n) is 4.15. The Balaban J connectivity index is 3.36. The maximum absolute atomic E-state index is 10.6. The van der Waals surface area contributed by atoms with Crippen molar-refractivity contribution in [3.63, 3.8) is 0 Å². The number of aromatic nitrogens is 4. The molecular weight excluding hydrogens is 290 g/mol. The highest BCUT2D eigenvalue weighted by molar-refractivity contribution is 5.13. The van der Waals surface area contributed by atoms with Crippen LogP contribution in [0.4, 0.5) is 5.95 Å². The number of hydrogen-bond acceptors (Lipinski definition) is 12. The number of anilines is 1. The van der Waals surface area contributed by atoms with Crippen molar-refractivity contribution in [2.45, 2.75) is 5.79 Å². The lowest BCUT2D eigenvalue weighted by atomic mass is 10.3. The Kier molecular flexibility index (Phi) is 3.54. The summed E-state index contributed by atoms with van der Waals surface area (Å²) < 4.78 is 0. The van der Waals surface area contributed by atoms with Crippen LogP contribution in [0.2, 0.25) is 0 Å². The fraction of sp³-hybridized carbons (Fsp3) is 0.333. The lowest BCUT2D eigenvalue weighted by Gasteiger charge is -2.05. The zero-order chi connectivity index (χ0) is 15.5. The molecule has 1 heterocycles. The molecule has 1 N–H and O–H groups in total. The molecule has 0 atom stereocenters. The van der Waals surface area contributed by atoms with Gasteiger partial charge in [0.1, 0.15) is 0 Å². The summed E-state index contributed by atoms with van der Waals surface area (Å²) in [6.07, 6.45) is 0. The molecule has 0 unspecified atom stereocenters. The molecule has 0 saturated carbocycles. The molecule has 20 heavy (non-hydrogen) atoms. The van der Waals surface area contributed by atoms with Gasteiger partial charge in [0.2, 0.25) is 0 Å². The van der Waals surface area contributed by atoms with E-state index in [2.05, 4.69) is 20.4 Å². The Morgan fingerprint density at radius 3 is 1.50 bits per heavy atom. The van der Waals surface area contributed by atoms with E-state index in [4.69, 9.17) is 0 Å². The quantitative estimate of drug-likeness (QED) is 0.333. The van der Waals surface area contributed by atoms with E-state index in [0.717, 1.165) is 0 Å². The Hall–Kier alpha value is -3.66. The molecule has 1 rings (SSSR count). The molecule has 106 valence electrons. The van der Waals surface area contributed by atoms with E-state index in [0.29, 0.717) is 0 Å². The molecule has 0 bridgehead atoms. The molecule has 0 amide bonds. The molecule has 0 saturated heterocycles. The molecule has 17 nitrogen and oxygen atoms in total. The predicted molar refractivity (Wildman–Crippen MR) is 50.9 cm³/mol. The van der Waals surface area contributed by atoms with Gasteiger partial charge in [0.25, 0.3) is 0 Å². The van der Waals surface area contributed by atoms with E-state index in [1.807, 2.05) is 0 Å². The van der Waals surface area contributed by atoms with Gasteiger partial charge in [0.05, 0.1) is 0 Å². The van der Waals surface area contributed by atoms with Crippen molar-refractivity contribution < 1.29 is 19.8 Å². The topological polar surface area (TPSA) is 236 Å². The third-order valence-electron chi connectivity index (χ3n) is 1.73. The van der Waals surface area contributed by atoms with Gasteiger partial charge < -0.3 is 0 Å². The highest BCUT2D eigenvalue weighted by Gasteiger charge is 2.76. The molecule has 17 heteroatoms.